The number of aliphatic hydroxyl groups is 1. The fraction of sp³-hybridized carbons (Fsp3) is 0.538. The number of hydrogen-bond acceptors (Lipinski definition) is 1. The van der Waals surface area contributed by atoms with E-state index in [4.69, 9.17) is 0 Å². The summed E-state index contributed by atoms with van der Waals surface area (Å²) < 4.78 is 0. The summed E-state index contributed by atoms with van der Waals surface area (Å²) in [5, 5.41) is 9.36. The molecule has 1 aromatic carbocycles. The van der Waals surface area contributed by atoms with Crippen molar-refractivity contribution in [3.05, 3.63) is 34.4 Å². The summed E-state index contributed by atoms with van der Waals surface area (Å²) in [4.78, 5) is 0. The highest BCUT2D eigenvalue weighted by atomic mass is 16.3. The highest BCUT2D eigenvalue weighted by molar-refractivity contribution is 5.44. The third-order valence-corrected chi connectivity index (χ3v) is 3.57. The van der Waals surface area contributed by atoms with E-state index in [1.54, 1.807) is 0 Å². The molecule has 0 heterocycles. The van der Waals surface area contributed by atoms with Crippen molar-refractivity contribution in [1.29, 1.82) is 0 Å². The predicted octanol–water partition coefficient (Wildman–Crippen LogP) is 2.40. The first kappa shape index (κ1) is 9.72. The molecule has 0 unspecified atom stereocenters. The van der Waals surface area contributed by atoms with Crippen LogP contribution in [0.15, 0.2) is 12.1 Å². The van der Waals surface area contributed by atoms with E-state index < -0.39 is 0 Å². The van der Waals surface area contributed by atoms with Crippen LogP contribution >= 0.6 is 0 Å². The van der Waals surface area contributed by atoms with Gasteiger partial charge in [-0.1, -0.05) is 19.1 Å². The minimum absolute atomic E-state index is 0.0842. The van der Waals surface area contributed by atoms with Crippen LogP contribution in [0.4, 0.5) is 0 Å². The second kappa shape index (κ2) is 3.09. The molecule has 76 valence electrons. The van der Waals surface area contributed by atoms with Crippen LogP contribution in [0.1, 0.15) is 29.2 Å². The molecule has 0 radical (unpaired) electrons. The molecular formula is C13H18O. The standard InChI is InChI=1S/C13H18O/c1-9-4-5-11-6-13(3,8-14)7-12(11)10(9)2/h4-5,14H,6-8H2,1-3H3/t13-/m1/s1. The Bertz CT molecular complexity index is 368. The number of fused-ring (bicyclic) bond motifs is 1. The highest BCUT2D eigenvalue weighted by Gasteiger charge is 2.33. The van der Waals surface area contributed by atoms with Gasteiger partial charge in [-0.05, 0) is 54.4 Å². The van der Waals surface area contributed by atoms with Gasteiger partial charge in [0, 0.05) is 6.61 Å². The Morgan fingerprint density at radius 2 is 2.00 bits per heavy atom. The Labute approximate surface area is 85.8 Å². The van der Waals surface area contributed by atoms with Crippen LogP contribution in [0.3, 0.4) is 0 Å². The second-order valence-corrected chi connectivity index (χ2v) is 4.97. The molecule has 0 aromatic heterocycles. The SMILES string of the molecule is Cc1ccc2c(c1C)C[C@](C)(CO)C2. The highest BCUT2D eigenvalue weighted by Crippen LogP contribution is 2.38. The number of benzene rings is 1. The van der Waals surface area contributed by atoms with E-state index in [0.29, 0.717) is 6.61 Å². The Kier molecular flexibility index (Phi) is 2.15. The van der Waals surface area contributed by atoms with E-state index >= 15 is 0 Å². The summed E-state index contributed by atoms with van der Waals surface area (Å²) in [6.07, 6.45) is 2.06. The molecular weight excluding hydrogens is 172 g/mol. The van der Waals surface area contributed by atoms with Crippen molar-refractivity contribution in [2.75, 3.05) is 6.61 Å². The summed E-state index contributed by atoms with van der Waals surface area (Å²) in [6.45, 7) is 6.81. The molecule has 0 amide bonds. The monoisotopic (exact) mass is 190 g/mol. The van der Waals surface area contributed by atoms with Crippen molar-refractivity contribution in [3.8, 4) is 0 Å². The Hall–Kier alpha value is -0.820. The summed E-state index contributed by atoms with van der Waals surface area (Å²) in [5.41, 5.74) is 5.78. The van der Waals surface area contributed by atoms with Crippen LogP contribution in [-0.2, 0) is 12.8 Å². The van der Waals surface area contributed by atoms with Crippen LogP contribution in [-0.4, -0.2) is 11.7 Å². The molecule has 0 saturated heterocycles. The minimum Gasteiger partial charge on any atom is -0.396 e. The number of rotatable bonds is 1. The molecule has 1 nitrogen and oxygen atoms in total. The zero-order valence-corrected chi connectivity index (χ0v) is 9.22. The summed E-state index contributed by atoms with van der Waals surface area (Å²) in [7, 11) is 0. The largest absolute Gasteiger partial charge is 0.396 e. The zero-order valence-electron chi connectivity index (χ0n) is 9.22. The quantitative estimate of drug-likeness (QED) is 0.721. The number of aryl methyl sites for hydroxylation is 1. The van der Waals surface area contributed by atoms with Crippen LogP contribution in [0.5, 0.6) is 0 Å². The summed E-state index contributed by atoms with van der Waals surface area (Å²) in [6, 6.07) is 4.41. The lowest BCUT2D eigenvalue weighted by molar-refractivity contribution is 0.152. The average Bonchev–Trinajstić information content (AvgIpc) is 2.51. The van der Waals surface area contributed by atoms with Gasteiger partial charge in [0.05, 0.1) is 0 Å². The van der Waals surface area contributed by atoms with E-state index in [9.17, 15) is 5.11 Å². The van der Waals surface area contributed by atoms with E-state index in [0.717, 1.165) is 12.8 Å². The first-order chi connectivity index (χ1) is 6.56. The molecule has 1 N–H and O–H groups in total. The van der Waals surface area contributed by atoms with Gasteiger partial charge in [-0.15, -0.1) is 0 Å². The smallest absolute Gasteiger partial charge is 0.0491 e. The van der Waals surface area contributed by atoms with E-state index in [-0.39, 0.29) is 5.41 Å². The number of hydrogen-bond donors (Lipinski definition) is 1. The third kappa shape index (κ3) is 1.36. The maximum absolute atomic E-state index is 9.36. The fourth-order valence-corrected chi connectivity index (χ4v) is 2.40. The lowest BCUT2D eigenvalue weighted by Crippen LogP contribution is -2.21. The van der Waals surface area contributed by atoms with E-state index in [2.05, 4.69) is 32.9 Å². The van der Waals surface area contributed by atoms with Gasteiger partial charge in [0.25, 0.3) is 0 Å². The zero-order chi connectivity index (χ0) is 10.3. The first-order valence-corrected chi connectivity index (χ1v) is 5.24. The van der Waals surface area contributed by atoms with Gasteiger partial charge in [-0.2, -0.15) is 0 Å². The molecule has 14 heavy (non-hydrogen) atoms. The van der Waals surface area contributed by atoms with Gasteiger partial charge in [0.2, 0.25) is 0 Å². The maximum atomic E-state index is 9.36. The second-order valence-electron chi connectivity index (χ2n) is 4.97. The van der Waals surface area contributed by atoms with Gasteiger partial charge in [0.15, 0.2) is 0 Å². The van der Waals surface area contributed by atoms with Crippen LogP contribution in [0.25, 0.3) is 0 Å². The topological polar surface area (TPSA) is 20.2 Å². The number of aliphatic hydroxyl groups excluding tert-OH is 1. The molecule has 0 bridgehead atoms. The van der Waals surface area contributed by atoms with Crippen molar-refractivity contribution in [1.82, 2.24) is 0 Å². The van der Waals surface area contributed by atoms with E-state index in [1.165, 1.54) is 22.3 Å². The molecule has 0 saturated carbocycles. The van der Waals surface area contributed by atoms with Crippen LogP contribution in [0.2, 0.25) is 0 Å². The first-order valence-electron chi connectivity index (χ1n) is 5.24. The van der Waals surface area contributed by atoms with Gasteiger partial charge in [-0.3, -0.25) is 0 Å². The Morgan fingerprint density at radius 1 is 1.29 bits per heavy atom. The van der Waals surface area contributed by atoms with Gasteiger partial charge >= 0.3 is 0 Å². The van der Waals surface area contributed by atoms with Gasteiger partial charge in [-0.25, -0.2) is 0 Å². The molecule has 0 aliphatic heterocycles. The molecule has 2 rings (SSSR count). The minimum atomic E-state index is 0.0842. The summed E-state index contributed by atoms with van der Waals surface area (Å²) >= 11 is 0. The fourth-order valence-electron chi connectivity index (χ4n) is 2.40. The normalized spacial score (nSPS) is 25.1. The molecule has 0 fully saturated rings. The lowest BCUT2D eigenvalue weighted by Gasteiger charge is -2.19. The Morgan fingerprint density at radius 3 is 2.64 bits per heavy atom. The van der Waals surface area contributed by atoms with Crippen molar-refractivity contribution < 1.29 is 5.11 Å². The molecule has 1 atom stereocenters. The average molecular weight is 190 g/mol. The van der Waals surface area contributed by atoms with E-state index in [1.807, 2.05) is 0 Å². The van der Waals surface area contributed by atoms with Crippen LogP contribution in [0, 0.1) is 19.3 Å². The molecule has 0 spiro atoms. The van der Waals surface area contributed by atoms with Crippen LogP contribution < -0.4 is 0 Å². The van der Waals surface area contributed by atoms with Gasteiger partial charge < -0.3 is 5.11 Å². The molecule has 1 heteroatoms. The van der Waals surface area contributed by atoms with Crippen molar-refractivity contribution in [2.45, 2.75) is 33.6 Å². The third-order valence-electron chi connectivity index (χ3n) is 3.57. The maximum Gasteiger partial charge on any atom is 0.0491 e. The van der Waals surface area contributed by atoms with Gasteiger partial charge in [0.1, 0.15) is 0 Å². The Balaban J connectivity index is 2.45. The van der Waals surface area contributed by atoms with Crippen molar-refractivity contribution in [3.63, 3.8) is 0 Å². The molecule has 1 aromatic rings. The van der Waals surface area contributed by atoms with Crippen molar-refractivity contribution >= 4 is 0 Å². The predicted molar refractivity (Wildman–Crippen MR) is 58.5 cm³/mol. The molecule has 1 aliphatic carbocycles. The lowest BCUT2D eigenvalue weighted by atomic mass is 9.88. The molecule has 1 aliphatic rings. The van der Waals surface area contributed by atoms with Crippen molar-refractivity contribution in [2.24, 2.45) is 5.41 Å². The summed E-state index contributed by atoms with van der Waals surface area (Å²) in [5.74, 6) is 0.